The minimum Gasteiger partial charge on any atom is -0.355 e. The van der Waals surface area contributed by atoms with Gasteiger partial charge in [-0.2, -0.15) is 0 Å². The molecule has 0 bridgehead atoms. The maximum Gasteiger partial charge on any atom is 0.227 e. The van der Waals surface area contributed by atoms with Crippen molar-refractivity contribution in [3.63, 3.8) is 0 Å². The van der Waals surface area contributed by atoms with Gasteiger partial charge in [0.1, 0.15) is 0 Å². The maximum absolute atomic E-state index is 12.3. The number of hydrogen-bond donors (Lipinski definition) is 1. The van der Waals surface area contributed by atoms with Gasteiger partial charge in [-0.3, -0.25) is 4.79 Å². The first-order valence-corrected chi connectivity index (χ1v) is 7.65. The fraction of sp³-hybridized carbons (Fsp3) is 0.278. The van der Waals surface area contributed by atoms with Crippen LogP contribution in [0.3, 0.4) is 0 Å². The highest BCUT2D eigenvalue weighted by molar-refractivity contribution is 6.30. The van der Waals surface area contributed by atoms with Crippen LogP contribution in [0.25, 0.3) is 0 Å². The van der Waals surface area contributed by atoms with Gasteiger partial charge < -0.3 is 5.32 Å². The summed E-state index contributed by atoms with van der Waals surface area (Å²) < 4.78 is 0. The van der Waals surface area contributed by atoms with E-state index < -0.39 is 0 Å². The molecule has 2 rings (SSSR count). The Bertz CT molecular complexity index is 583. The molecule has 3 heteroatoms. The Kier molecular flexibility index (Phi) is 5.82. The van der Waals surface area contributed by atoms with E-state index in [-0.39, 0.29) is 11.8 Å². The van der Waals surface area contributed by atoms with Gasteiger partial charge in [-0.25, -0.2) is 0 Å². The predicted octanol–water partition coefficient (Wildman–Crippen LogP) is 4.19. The van der Waals surface area contributed by atoms with Crippen molar-refractivity contribution in [2.75, 3.05) is 6.54 Å². The Labute approximate surface area is 131 Å². The summed E-state index contributed by atoms with van der Waals surface area (Å²) in [6.45, 7) is 2.66. The van der Waals surface area contributed by atoms with E-state index in [1.807, 2.05) is 61.5 Å². The van der Waals surface area contributed by atoms with Crippen molar-refractivity contribution in [2.45, 2.75) is 25.7 Å². The molecule has 0 fully saturated rings. The normalized spacial score (nSPS) is 11.9. The Morgan fingerprint density at radius 3 is 2.57 bits per heavy atom. The highest BCUT2D eigenvalue weighted by Gasteiger charge is 2.17. The Balaban J connectivity index is 1.89. The molecule has 1 amide bonds. The van der Waals surface area contributed by atoms with Crippen molar-refractivity contribution in [3.05, 3.63) is 70.7 Å². The SMILES string of the molecule is CC[C@H](C(=O)NCCc1cccc(Cl)c1)c1ccccc1. The Morgan fingerprint density at radius 1 is 1.14 bits per heavy atom. The second kappa shape index (κ2) is 7.84. The maximum atomic E-state index is 12.3. The van der Waals surface area contributed by atoms with Gasteiger partial charge in [0, 0.05) is 11.6 Å². The molecule has 0 aliphatic heterocycles. The third kappa shape index (κ3) is 4.61. The lowest BCUT2D eigenvalue weighted by molar-refractivity contribution is -0.122. The molecule has 1 atom stereocenters. The zero-order valence-corrected chi connectivity index (χ0v) is 12.9. The van der Waals surface area contributed by atoms with Crippen LogP contribution < -0.4 is 5.32 Å². The molecule has 1 N–H and O–H groups in total. The van der Waals surface area contributed by atoms with E-state index in [1.54, 1.807) is 0 Å². The van der Waals surface area contributed by atoms with Crippen molar-refractivity contribution < 1.29 is 4.79 Å². The summed E-state index contributed by atoms with van der Waals surface area (Å²) in [4.78, 5) is 12.3. The van der Waals surface area contributed by atoms with Crippen LogP contribution >= 0.6 is 11.6 Å². The Hall–Kier alpha value is -1.80. The quantitative estimate of drug-likeness (QED) is 0.851. The van der Waals surface area contributed by atoms with E-state index in [2.05, 4.69) is 5.32 Å². The lowest BCUT2D eigenvalue weighted by atomic mass is 9.95. The minimum atomic E-state index is -0.0782. The highest BCUT2D eigenvalue weighted by atomic mass is 35.5. The molecule has 0 aromatic heterocycles. The van der Waals surface area contributed by atoms with E-state index in [4.69, 9.17) is 11.6 Å². The number of carbonyl (C=O) groups excluding carboxylic acids is 1. The number of carbonyl (C=O) groups is 1. The van der Waals surface area contributed by atoms with Crippen molar-refractivity contribution >= 4 is 17.5 Å². The average molecular weight is 302 g/mol. The van der Waals surface area contributed by atoms with Crippen LogP contribution in [0, 0.1) is 0 Å². The van der Waals surface area contributed by atoms with Crippen LogP contribution in [0.1, 0.15) is 30.4 Å². The molecule has 0 aliphatic rings. The number of hydrogen-bond acceptors (Lipinski definition) is 1. The summed E-state index contributed by atoms with van der Waals surface area (Å²) in [6, 6.07) is 17.6. The molecule has 0 radical (unpaired) electrons. The molecular formula is C18H20ClNO. The number of rotatable bonds is 6. The third-order valence-electron chi connectivity index (χ3n) is 3.53. The minimum absolute atomic E-state index is 0.0782. The second-order valence-electron chi connectivity index (χ2n) is 5.04. The number of halogens is 1. The van der Waals surface area contributed by atoms with E-state index in [0.29, 0.717) is 6.54 Å². The first-order chi connectivity index (χ1) is 10.2. The van der Waals surface area contributed by atoms with Gasteiger partial charge in [-0.1, -0.05) is 61.0 Å². The average Bonchev–Trinajstić information content (AvgIpc) is 2.49. The lowest BCUT2D eigenvalue weighted by Crippen LogP contribution is -2.30. The standard InChI is InChI=1S/C18H20ClNO/c1-2-17(15-8-4-3-5-9-15)18(21)20-12-11-14-7-6-10-16(19)13-14/h3-10,13,17H,2,11-12H2,1H3,(H,20,21)/t17-/m0/s1. The number of amides is 1. The number of nitrogens with one attached hydrogen (secondary N) is 1. The first-order valence-electron chi connectivity index (χ1n) is 7.27. The number of benzene rings is 2. The molecule has 0 heterocycles. The molecule has 0 unspecified atom stereocenters. The molecule has 0 aliphatic carbocycles. The van der Waals surface area contributed by atoms with Gasteiger partial charge in [0.25, 0.3) is 0 Å². The molecular weight excluding hydrogens is 282 g/mol. The zero-order chi connectivity index (χ0) is 15.1. The fourth-order valence-corrected chi connectivity index (χ4v) is 2.62. The summed E-state index contributed by atoms with van der Waals surface area (Å²) in [7, 11) is 0. The topological polar surface area (TPSA) is 29.1 Å². The van der Waals surface area contributed by atoms with Gasteiger partial charge >= 0.3 is 0 Å². The highest BCUT2D eigenvalue weighted by Crippen LogP contribution is 2.19. The molecule has 2 nitrogen and oxygen atoms in total. The van der Waals surface area contributed by atoms with Gasteiger partial charge in [0.2, 0.25) is 5.91 Å². The van der Waals surface area contributed by atoms with Crippen molar-refractivity contribution in [2.24, 2.45) is 0 Å². The van der Waals surface area contributed by atoms with Crippen LogP contribution in [0.15, 0.2) is 54.6 Å². The van der Waals surface area contributed by atoms with Gasteiger partial charge in [0.15, 0.2) is 0 Å². The summed E-state index contributed by atoms with van der Waals surface area (Å²) >= 11 is 5.95. The second-order valence-corrected chi connectivity index (χ2v) is 5.48. The summed E-state index contributed by atoms with van der Waals surface area (Å²) in [5.41, 5.74) is 2.20. The van der Waals surface area contributed by atoms with Crippen molar-refractivity contribution in [1.82, 2.24) is 5.32 Å². The third-order valence-corrected chi connectivity index (χ3v) is 3.76. The van der Waals surface area contributed by atoms with E-state index >= 15 is 0 Å². The fourth-order valence-electron chi connectivity index (χ4n) is 2.40. The molecule has 0 spiro atoms. The van der Waals surface area contributed by atoms with Crippen molar-refractivity contribution in [1.29, 1.82) is 0 Å². The van der Waals surface area contributed by atoms with Crippen LogP contribution in [-0.2, 0) is 11.2 Å². The van der Waals surface area contributed by atoms with E-state index in [0.717, 1.165) is 29.0 Å². The largest absolute Gasteiger partial charge is 0.355 e. The van der Waals surface area contributed by atoms with Gasteiger partial charge in [0.05, 0.1) is 5.92 Å². The summed E-state index contributed by atoms with van der Waals surface area (Å²) in [5, 5.41) is 3.75. The van der Waals surface area contributed by atoms with E-state index in [9.17, 15) is 4.79 Å². The van der Waals surface area contributed by atoms with E-state index in [1.165, 1.54) is 0 Å². The van der Waals surface area contributed by atoms with Crippen LogP contribution in [0.4, 0.5) is 0 Å². The molecule has 110 valence electrons. The zero-order valence-electron chi connectivity index (χ0n) is 12.2. The van der Waals surface area contributed by atoms with Crippen LogP contribution in [0.5, 0.6) is 0 Å². The molecule has 2 aromatic rings. The molecule has 0 saturated heterocycles. The van der Waals surface area contributed by atoms with Gasteiger partial charge in [-0.05, 0) is 36.1 Å². The molecule has 0 saturated carbocycles. The Morgan fingerprint density at radius 2 is 1.90 bits per heavy atom. The monoisotopic (exact) mass is 301 g/mol. The summed E-state index contributed by atoms with van der Waals surface area (Å²) in [6.07, 6.45) is 1.59. The smallest absolute Gasteiger partial charge is 0.227 e. The first kappa shape index (κ1) is 15.6. The predicted molar refractivity (Wildman–Crippen MR) is 87.6 cm³/mol. The van der Waals surface area contributed by atoms with Crippen molar-refractivity contribution in [3.8, 4) is 0 Å². The van der Waals surface area contributed by atoms with Crippen LogP contribution in [-0.4, -0.2) is 12.5 Å². The van der Waals surface area contributed by atoms with Gasteiger partial charge in [-0.15, -0.1) is 0 Å². The summed E-state index contributed by atoms with van der Waals surface area (Å²) in [5.74, 6) is 0.0105. The molecule has 21 heavy (non-hydrogen) atoms. The molecule has 2 aromatic carbocycles. The van der Waals surface area contributed by atoms with Crippen LogP contribution in [0.2, 0.25) is 5.02 Å². The lowest BCUT2D eigenvalue weighted by Gasteiger charge is -2.15.